The number of rotatable bonds is 4. The largest absolute Gasteiger partial charge is 0.342 e. The number of carbonyl (C=O) groups is 1. The molecule has 0 N–H and O–H groups in total. The van der Waals surface area contributed by atoms with Crippen molar-refractivity contribution in [2.75, 3.05) is 18.8 Å². The average Bonchev–Trinajstić information content (AvgIpc) is 3.18. The zero-order chi connectivity index (χ0) is 18.8. The first-order valence-electron chi connectivity index (χ1n) is 8.60. The second-order valence-electron chi connectivity index (χ2n) is 6.33. The molecule has 4 rings (SSSR count). The van der Waals surface area contributed by atoms with Gasteiger partial charge in [-0.3, -0.25) is 9.59 Å². The molecule has 1 aliphatic rings. The fourth-order valence-corrected chi connectivity index (χ4v) is 4.71. The Bertz CT molecular complexity index is 1010. The molecule has 0 aliphatic carbocycles. The maximum Gasteiger partial charge on any atom is 0.287 e. The molecule has 0 saturated carbocycles. The highest BCUT2D eigenvalue weighted by Gasteiger charge is 2.26. The van der Waals surface area contributed by atoms with E-state index in [-0.39, 0.29) is 23.3 Å². The van der Waals surface area contributed by atoms with Crippen molar-refractivity contribution in [1.29, 1.82) is 0 Å². The minimum absolute atomic E-state index is 0.0368. The maximum absolute atomic E-state index is 12.9. The first-order valence-corrected chi connectivity index (χ1v) is 10.5. The van der Waals surface area contributed by atoms with Crippen molar-refractivity contribution in [3.8, 4) is 0 Å². The van der Waals surface area contributed by atoms with Crippen LogP contribution in [0, 0.1) is 5.82 Å². The molecule has 0 unspecified atom stereocenters. The summed E-state index contributed by atoms with van der Waals surface area (Å²) >= 11 is 2.78. The number of halogens is 1. The van der Waals surface area contributed by atoms with Crippen LogP contribution in [0.4, 0.5) is 4.39 Å². The van der Waals surface area contributed by atoms with Gasteiger partial charge < -0.3 is 4.90 Å². The highest BCUT2D eigenvalue weighted by molar-refractivity contribution is 8.00. The summed E-state index contributed by atoms with van der Waals surface area (Å²) in [4.78, 5) is 27.7. The smallest absolute Gasteiger partial charge is 0.287 e. The first kappa shape index (κ1) is 18.1. The Morgan fingerprint density at radius 2 is 1.96 bits per heavy atom. The van der Waals surface area contributed by atoms with Gasteiger partial charge in [0.15, 0.2) is 0 Å². The molecule has 3 heterocycles. The standard InChI is InChI=1S/C18H17FN4O2S2/c19-12-1-3-14(4-2-12)27-11-16(24)22-8-5-13(6-9-22)23-18(25)17-15(20-21-23)7-10-26-17/h1-4,7,10,13H,5-6,8-9,11H2. The van der Waals surface area contributed by atoms with E-state index in [9.17, 15) is 14.0 Å². The monoisotopic (exact) mass is 404 g/mol. The molecule has 2 aromatic heterocycles. The summed E-state index contributed by atoms with van der Waals surface area (Å²) in [6.07, 6.45) is 1.36. The van der Waals surface area contributed by atoms with Gasteiger partial charge in [0, 0.05) is 18.0 Å². The van der Waals surface area contributed by atoms with Crippen LogP contribution in [-0.4, -0.2) is 44.6 Å². The van der Waals surface area contributed by atoms with E-state index in [0.717, 1.165) is 4.90 Å². The molecule has 1 aromatic carbocycles. The van der Waals surface area contributed by atoms with Gasteiger partial charge in [-0.25, -0.2) is 9.07 Å². The van der Waals surface area contributed by atoms with E-state index in [0.29, 0.717) is 41.9 Å². The molecule has 0 bridgehead atoms. The second kappa shape index (κ2) is 7.77. The Kier molecular flexibility index (Phi) is 5.22. The number of amides is 1. The van der Waals surface area contributed by atoms with Gasteiger partial charge in [0.1, 0.15) is 16.0 Å². The Labute approximate surface area is 163 Å². The van der Waals surface area contributed by atoms with Crippen LogP contribution in [-0.2, 0) is 4.79 Å². The predicted molar refractivity (Wildman–Crippen MR) is 104 cm³/mol. The third-order valence-electron chi connectivity index (χ3n) is 4.63. The Morgan fingerprint density at radius 3 is 2.70 bits per heavy atom. The average molecular weight is 404 g/mol. The third kappa shape index (κ3) is 3.89. The second-order valence-corrected chi connectivity index (χ2v) is 8.29. The van der Waals surface area contributed by atoms with Crippen LogP contribution < -0.4 is 5.56 Å². The molecule has 0 spiro atoms. The lowest BCUT2D eigenvalue weighted by atomic mass is 10.1. The van der Waals surface area contributed by atoms with E-state index in [1.807, 2.05) is 10.3 Å². The summed E-state index contributed by atoms with van der Waals surface area (Å²) in [6, 6.07) is 7.88. The normalized spacial score (nSPS) is 15.4. The van der Waals surface area contributed by atoms with Gasteiger partial charge >= 0.3 is 0 Å². The summed E-state index contributed by atoms with van der Waals surface area (Å²) in [7, 11) is 0. The van der Waals surface area contributed by atoms with E-state index in [4.69, 9.17) is 0 Å². The van der Waals surface area contributed by atoms with Crippen LogP contribution >= 0.6 is 23.1 Å². The summed E-state index contributed by atoms with van der Waals surface area (Å²) in [5.74, 6) is 0.0822. The summed E-state index contributed by atoms with van der Waals surface area (Å²) < 4.78 is 15.0. The van der Waals surface area contributed by atoms with Crippen molar-refractivity contribution in [3.63, 3.8) is 0 Å². The van der Waals surface area contributed by atoms with Crippen LogP contribution in [0.15, 0.2) is 45.4 Å². The number of benzene rings is 1. The fraction of sp³-hybridized carbons (Fsp3) is 0.333. The Balaban J connectivity index is 1.35. The van der Waals surface area contributed by atoms with Crippen LogP contribution in [0.5, 0.6) is 0 Å². The van der Waals surface area contributed by atoms with Gasteiger partial charge in [-0.05, 0) is 48.6 Å². The molecular formula is C18H17FN4O2S2. The highest BCUT2D eigenvalue weighted by atomic mass is 32.2. The first-order chi connectivity index (χ1) is 13.1. The molecule has 1 saturated heterocycles. The van der Waals surface area contributed by atoms with E-state index in [1.54, 1.807) is 18.2 Å². The van der Waals surface area contributed by atoms with Crippen molar-refractivity contribution in [2.24, 2.45) is 0 Å². The van der Waals surface area contributed by atoms with Crippen molar-refractivity contribution in [1.82, 2.24) is 19.9 Å². The van der Waals surface area contributed by atoms with Crippen molar-refractivity contribution >= 4 is 39.2 Å². The number of fused-ring (bicyclic) bond motifs is 1. The highest BCUT2D eigenvalue weighted by Crippen LogP contribution is 2.24. The summed E-state index contributed by atoms with van der Waals surface area (Å²) in [6.45, 7) is 1.17. The zero-order valence-electron chi connectivity index (χ0n) is 14.4. The molecule has 0 radical (unpaired) electrons. The fourth-order valence-electron chi connectivity index (χ4n) is 3.15. The molecule has 140 valence electrons. The minimum atomic E-state index is -0.285. The van der Waals surface area contributed by atoms with E-state index < -0.39 is 0 Å². The Hall–Kier alpha value is -2.26. The number of carbonyl (C=O) groups excluding carboxylic acids is 1. The number of thioether (sulfide) groups is 1. The van der Waals surface area contributed by atoms with Crippen LogP contribution in [0.2, 0.25) is 0 Å². The maximum atomic E-state index is 12.9. The Morgan fingerprint density at radius 1 is 1.22 bits per heavy atom. The van der Waals surface area contributed by atoms with Crippen LogP contribution in [0.1, 0.15) is 18.9 Å². The van der Waals surface area contributed by atoms with Crippen LogP contribution in [0.25, 0.3) is 10.2 Å². The third-order valence-corrected chi connectivity index (χ3v) is 6.52. The van der Waals surface area contributed by atoms with Gasteiger partial charge in [0.2, 0.25) is 5.91 Å². The van der Waals surface area contributed by atoms with Gasteiger partial charge in [-0.15, -0.1) is 28.2 Å². The lowest BCUT2D eigenvalue weighted by Gasteiger charge is -2.32. The van der Waals surface area contributed by atoms with Gasteiger partial charge in [0.05, 0.1) is 11.8 Å². The molecule has 3 aromatic rings. The van der Waals surface area contributed by atoms with Crippen molar-refractivity contribution in [2.45, 2.75) is 23.8 Å². The number of likely N-dealkylation sites (tertiary alicyclic amines) is 1. The number of piperidine rings is 1. The number of aromatic nitrogens is 3. The molecule has 27 heavy (non-hydrogen) atoms. The topological polar surface area (TPSA) is 68.1 Å². The lowest BCUT2D eigenvalue weighted by Crippen LogP contribution is -2.42. The van der Waals surface area contributed by atoms with Gasteiger partial charge in [0.25, 0.3) is 5.56 Å². The molecule has 9 heteroatoms. The van der Waals surface area contributed by atoms with E-state index >= 15 is 0 Å². The minimum Gasteiger partial charge on any atom is -0.342 e. The molecule has 1 amide bonds. The molecule has 1 fully saturated rings. The molecule has 0 atom stereocenters. The van der Waals surface area contributed by atoms with Gasteiger partial charge in [-0.1, -0.05) is 5.21 Å². The quantitative estimate of drug-likeness (QED) is 0.626. The predicted octanol–water partition coefficient (Wildman–Crippen LogP) is 2.95. The SMILES string of the molecule is O=C(CSc1ccc(F)cc1)N1CCC(n2nnc3ccsc3c2=O)CC1. The zero-order valence-corrected chi connectivity index (χ0v) is 16.0. The van der Waals surface area contributed by atoms with Crippen LogP contribution in [0.3, 0.4) is 0 Å². The van der Waals surface area contributed by atoms with E-state index in [2.05, 4.69) is 10.3 Å². The number of hydrogen-bond acceptors (Lipinski definition) is 6. The number of nitrogens with zero attached hydrogens (tertiary/aromatic N) is 4. The lowest BCUT2D eigenvalue weighted by molar-refractivity contribution is -0.129. The van der Waals surface area contributed by atoms with Crippen molar-refractivity contribution < 1.29 is 9.18 Å². The number of thiophene rings is 1. The molecule has 1 aliphatic heterocycles. The van der Waals surface area contributed by atoms with E-state index in [1.165, 1.54) is 39.9 Å². The van der Waals surface area contributed by atoms with Gasteiger partial charge in [-0.2, -0.15) is 0 Å². The van der Waals surface area contributed by atoms with Crippen molar-refractivity contribution in [3.05, 3.63) is 51.9 Å². The number of hydrogen-bond donors (Lipinski definition) is 0. The summed E-state index contributed by atoms with van der Waals surface area (Å²) in [5.41, 5.74) is 0.526. The molecule has 6 nitrogen and oxygen atoms in total. The summed E-state index contributed by atoms with van der Waals surface area (Å²) in [5, 5.41) is 10.0. The molecular weight excluding hydrogens is 387 g/mol.